The molecule has 0 spiro atoms. The third-order valence-electron chi connectivity index (χ3n) is 4.60. The van der Waals surface area contributed by atoms with Crippen molar-refractivity contribution in [3.8, 4) is 11.4 Å². The Morgan fingerprint density at radius 2 is 1.96 bits per heavy atom. The number of piperidine rings is 1. The molecule has 3 rings (SSSR count). The summed E-state index contributed by atoms with van der Waals surface area (Å²) in [5, 5.41) is 4.11. The molecule has 1 aliphatic rings. The summed E-state index contributed by atoms with van der Waals surface area (Å²) in [4.78, 5) is 6.70. The van der Waals surface area contributed by atoms with Crippen LogP contribution in [-0.4, -0.2) is 35.9 Å². The zero-order valence-corrected chi connectivity index (χ0v) is 15.2. The van der Waals surface area contributed by atoms with Gasteiger partial charge in [-0.25, -0.2) is 0 Å². The molecule has 0 N–H and O–H groups in total. The van der Waals surface area contributed by atoms with Crippen LogP contribution in [0.25, 0.3) is 11.4 Å². The minimum absolute atomic E-state index is 0.0137. The molecule has 124 valence electrons. The Balaban J connectivity index is 1.69. The maximum absolute atomic E-state index is 5.79. The number of hydrogen-bond donors (Lipinski definition) is 0. The first-order chi connectivity index (χ1) is 11.2. The molecule has 5 nitrogen and oxygen atoms in total. The van der Waals surface area contributed by atoms with E-state index in [4.69, 9.17) is 9.26 Å². The summed E-state index contributed by atoms with van der Waals surface area (Å²) in [6.45, 7) is 3.97. The Labute approximate surface area is 145 Å². The van der Waals surface area contributed by atoms with Gasteiger partial charge in [0, 0.05) is 30.2 Å². The van der Waals surface area contributed by atoms with Crippen molar-refractivity contribution in [1.29, 1.82) is 0 Å². The first kappa shape index (κ1) is 16.5. The second kappa shape index (κ2) is 7.01. The van der Waals surface area contributed by atoms with Crippen molar-refractivity contribution in [1.82, 2.24) is 10.1 Å². The van der Waals surface area contributed by atoms with Crippen LogP contribution in [0.4, 0.5) is 6.01 Å². The van der Waals surface area contributed by atoms with E-state index in [1.54, 1.807) is 0 Å². The van der Waals surface area contributed by atoms with Gasteiger partial charge in [0.25, 0.3) is 0 Å². The number of halogens is 1. The monoisotopic (exact) mass is 379 g/mol. The van der Waals surface area contributed by atoms with Crippen LogP contribution in [0.3, 0.4) is 0 Å². The highest BCUT2D eigenvalue weighted by molar-refractivity contribution is 9.10. The lowest BCUT2D eigenvalue weighted by Crippen LogP contribution is -2.45. The second-order valence-electron chi connectivity index (χ2n) is 6.03. The van der Waals surface area contributed by atoms with Gasteiger partial charge in [-0.2, -0.15) is 4.98 Å². The van der Waals surface area contributed by atoms with E-state index < -0.39 is 0 Å². The highest BCUT2D eigenvalue weighted by Gasteiger charge is 2.35. The second-order valence-corrected chi connectivity index (χ2v) is 6.95. The third kappa shape index (κ3) is 3.58. The summed E-state index contributed by atoms with van der Waals surface area (Å²) < 4.78 is 12.3. The summed E-state index contributed by atoms with van der Waals surface area (Å²) in [6, 6.07) is 8.51. The van der Waals surface area contributed by atoms with Crippen LogP contribution in [0.2, 0.25) is 0 Å². The van der Waals surface area contributed by atoms with Crippen molar-refractivity contribution < 1.29 is 9.26 Å². The van der Waals surface area contributed by atoms with Crippen LogP contribution < -0.4 is 4.90 Å². The van der Waals surface area contributed by atoms with Gasteiger partial charge in [-0.1, -0.05) is 34.4 Å². The fourth-order valence-corrected chi connectivity index (χ4v) is 3.44. The summed E-state index contributed by atoms with van der Waals surface area (Å²) in [6.07, 6.45) is 4.23. The lowest BCUT2D eigenvalue weighted by Gasteiger charge is -2.40. The topological polar surface area (TPSA) is 51.4 Å². The average molecular weight is 380 g/mol. The van der Waals surface area contributed by atoms with E-state index in [1.165, 1.54) is 0 Å². The van der Waals surface area contributed by atoms with Crippen LogP contribution >= 0.6 is 15.9 Å². The number of methoxy groups -OCH3 is 1. The Bertz CT molecular complexity index is 634. The van der Waals surface area contributed by atoms with E-state index in [2.05, 4.69) is 37.9 Å². The Morgan fingerprint density at radius 1 is 1.26 bits per heavy atom. The summed E-state index contributed by atoms with van der Waals surface area (Å²) in [5.41, 5.74) is 0.970. The highest BCUT2D eigenvalue weighted by Crippen LogP contribution is 2.32. The largest absolute Gasteiger partial charge is 0.378 e. The Kier molecular flexibility index (Phi) is 5.02. The van der Waals surface area contributed by atoms with Gasteiger partial charge < -0.3 is 14.2 Å². The van der Waals surface area contributed by atoms with Crippen molar-refractivity contribution in [3.05, 3.63) is 28.7 Å². The van der Waals surface area contributed by atoms with Gasteiger partial charge >= 0.3 is 6.01 Å². The molecular formula is C17H22BrN3O2. The quantitative estimate of drug-likeness (QED) is 0.775. The van der Waals surface area contributed by atoms with Crippen LogP contribution in [0.5, 0.6) is 0 Å². The summed E-state index contributed by atoms with van der Waals surface area (Å²) >= 11 is 3.43. The molecule has 1 aromatic heterocycles. The van der Waals surface area contributed by atoms with E-state index >= 15 is 0 Å². The molecule has 23 heavy (non-hydrogen) atoms. The molecule has 0 saturated carbocycles. The molecule has 0 unspecified atom stereocenters. The van der Waals surface area contributed by atoms with Crippen molar-refractivity contribution in [2.45, 2.75) is 38.2 Å². The SMILES string of the molecule is CCCC1(OC)CCN(c2nc(-c3ccc(Br)cc3)no2)CC1. The minimum Gasteiger partial charge on any atom is -0.378 e. The van der Waals surface area contributed by atoms with Gasteiger partial charge in [0.05, 0.1) is 5.60 Å². The molecule has 2 heterocycles. The first-order valence-electron chi connectivity index (χ1n) is 8.05. The molecule has 0 amide bonds. The van der Waals surface area contributed by atoms with Crippen molar-refractivity contribution in [2.75, 3.05) is 25.1 Å². The Hall–Kier alpha value is -1.40. The lowest BCUT2D eigenvalue weighted by molar-refractivity contribution is -0.0370. The zero-order chi connectivity index (χ0) is 16.3. The van der Waals surface area contributed by atoms with E-state index in [9.17, 15) is 0 Å². The highest BCUT2D eigenvalue weighted by atomic mass is 79.9. The van der Waals surface area contributed by atoms with E-state index in [0.717, 1.165) is 48.8 Å². The molecule has 1 aromatic carbocycles. The first-order valence-corrected chi connectivity index (χ1v) is 8.85. The molecular weight excluding hydrogens is 358 g/mol. The van der Waals surface area contributed by atoms with E-state index in [0.29, 0.717) is 11.8 Å². The number of anilines is 1. The summed E-state index contributed by atoms with van der Waals surface area (Å²) in [5.74, 6) is 0.629. The lowest BCUT2D eigenvalue weighted by atomic mass is 9.87. The fourth-order valence-electron chi connectivity index (χ4n) is 3.18. The number of aromatic nitrogens is 2. The molecule has 0 bridgehead atoms. The predicted octanol–water partition coefficient (Wildman–Crippen LogP) is 4.28. The van der Waals surface area contributed by atoms with Crippen LogP contribution in [-0.2, 0) is 4.74 Å². The molecule has 0 radical (unpaired) electrons. The van der Waals surface area contributed by atoms with Gasteiger partial charge in [-0.05, 0) is 43.5 Å². The molecule has 6 heteroatoms. The summed E-state index contributed by atoms with van der Waals surface area (Å²) in [7, 11) is 1.82. The Morgan fingerprint density at radius 3 is 2.57 bits per heavy atom. The van der Waals surface area contributed by atoms with Gasteiger partial charge in [0.2, 0.25) is 5.82 Å². The maximum Gasteiger partial charge on any atom is 0.324 e. The minimum atomic E-state index is 0.0137. The molecule has 1 fully saturated rings. The van der Waals surface area contributed by atoms with Crippen LogP contribution in [0.15, 0.2) is 33.3 Å². The average Bonchev–Trinajstić information content (AvgIpc) is 3.06. The van der Waals surface area contributed by atoms with E-state index in [1.807, 2.05) is 31.4 Å². The number of benzene rings is 1. The molecule has 0 atom stereocenters. The number of rotatable bonds is 5. The standard InChI is InChI=1S/C17H22BrN3O2/c1-3-8-17(22-2)9-11-21(12-10-17)16-19-15(20-23-16)13-4-6-14(18)7-5-13/h4-7H,3,8-12H2,1-2H3. The molecule has 2 aromatic rings. The molecule has 1 aliphatic heterocycles. The van der Waals surface area contributed by atoms with Gasteiger partial charge in [0.15, 0.2) is 0 Å². The number of nitrogens with zero attached hydrogens (tertiary/aromatic N) is 3. The number of ether oxygens (including phenoxy) is 1. The molecule has 1 saturated heterocycles. The van der Waals surface area contributed by atoms with Crippen LogP contribution in [0, 0.1) is 0 Å². The van der Waals surface area contributed by atoms with Gasteiger partial charge in [-0.3, -0.25) is 0 Å². The van der Waals surface area contributed by atoms with Gasteiger partial charge in [0.1, 0.15) is 0 Å². The predicted molar refractivity (Wildman–Crippen MR) is 93.5 cm³/mol. The number of hydrogen-bond acceptors (Lipinski definition) is 5. The molecule has 0 aliphatic carbocycles. The van der Waals surface area contributed by atoms with Crippen molar-refractivity contribution >= 4 is 21.9 Å². The smallest absolute Gasteiger partial charge is 0.324 e. The van der Waals surface area contributed by atoms with Gasteiger partial charge in [-0.15, -0.1) is 0 Å². The van der Waals surface area contributed by atoms with Crippen LogP contribution in [0.1, 0.15) is 32.6 Å². The van der Waals surface area contributed by atoms with Crippen molar-refractivity contribution in [2.24, 2.45) is 0 Å². The van der Waals surface area contributed by atoms with E-state index in [-0.39, 0.29) is 5.60 Å². The third-order valence-corrected chi connectivity index (χ3v) is 5.13. The normalized spacial score (nSPS) is 17.4. The van der Waals surface area contributed by atoms with Crippen molar-refractivity contribution in [3.63, 3.8) is 0 Å². The zero-order valence-electron chi connectivity index (χ0n) is 13.6. The fraction of sp³-hybridized carbons (Fsp3) is 0.529. The maximum atomic E-state index is 5.79.